The van der Waals surface area contributed by atoms with Gasteiger partial charge in [0.2, 0.25) is 0 Å². The summed E-state index contributed by atoms with van der Waals surface area (Å²) in [6, 6.07) is 65.7. The maximum absolute atomic E-state index is 6.72. The van der Waals surface area contributed by atoms with E-state index in [4.69, 9.17) is 19.4 Å². The van der Waals surface area contributed by atoms with Crippen LogP contribution in [-0.4, -0.2) is 15.0 Å². The summed E-state index contributed by atoms with van der Waals surface area (Å²) in [6.07, 6.45) is 0. The van der Waals surface area contributed by atoms with Gasteiger partial charge in [0.15, 0.2) is 17.5 Å². The Kier molecular flexibility index (Phi) is 7.64. The largest absolute Gasteiger partial charge is 0.455 e. The molecule has 0 atom stereocenters. The van der Waals surface area contributed by atoms with Crippen LogP contribution in [0.25, 0.3) is 110 Å². The van der Waals surface area contributed by atoms with E-state index in [0.29, 0.717) is 17.5 Å². The monoisotopic (exact) mass is 733 g/mol. The van der Waals surface area contributed by atoms with Gasteiger partial charge in [0.25, 0.3) is 0 Å². The standard InChI is InChI=1S/C51H31N3OS/c1-4-13-32(14-5-1)34-23-25-36(26-24-34)50-52-49(35-17-8-3-9-18-35)53-51(54-50)41-21-12-20-39-43-29-37(27-28-44(43)55-48(39)41)42-30-38(33-15-6-2-7-16-33)31-46-47(42)40-19-10-11-22-45(40)56-46/h1-31H. The Morgan fingerprint density at radius 2 is 0.893 bits per heavy atom. The average Bonchev–Trinajstić information content (AvgIpc) is 3.85. The topological polar surface area (TPSA) is 51.8 Å². The lowest BCUT2D eigenvalue weighted by molar-refractivity contribution is 0.669. The van der Waals surface area contributed by atoms with Crippen LogP contribution in [0.15, 0.2) is 192 Å². The third-order valence-corrected chi connectivity index (χ3v) is 11.7. The third-order valence-electron chi connectivity index (χ3n) is 10.6. The summed E-state index contributed by atoms with van der Waals surface area (Å²) in [4.78, 5) is 15.2. The Balaban J connectivity index is 1.07. The Hall–Kier alpha value is -7.21. The number of fused-ring (bicyclic) bond motifs is 6. The van der Waals surface area contributed by atoms with Crippen molar-refractivity contribution in [2.24, 2.45) is 0 Å². The first-order valence-electron chi connectivity index (χ1n) is 18.7. The lowest BCUT2D eigenvalue weighted by Crippen LogP contribution is -2.00. The van der Waals surface area contributed by atoms with E-state index in [1.807, 2.05) is 53.8 Å². The number of thiophene rings is 1. The number of furan rings is 1. The predicted molar refractivity (Wildman–Crippen MR) is 233 cm³/mol. The zero-order valence-electron chi connectivity index (χ0n) is 30.1. The van der Waals surface area contributed by atoms with Gasteiger partial charge in [-0.1, -0.05) is 152 Å². The highest BCUT2D eigenvalue weighted by Crippen LogP contribution is 2.44. The molecule has 262 valence electrons. The first-order valence-corrected chi connectivity index (χ1v) is 19.5. The quantitative estimate of drug-likeness (QED) is 0.171. The Labute approximate surface area is 327 Å². The normalized spacial score (nSPS) is 11.6. The number of para-hydroxylation sites is 1. The fraction of sp³-hybridized carbons (Fsp3) is 0. The van der Waals surface area contributed by atoms with Crippen LogP contribution >= 0.6 is 11.3 Å². The first kappa shape index (κ1) is 32.2. The number of hydrogen-bond donors (Lipinski definition) is 0. The summed E-state index contributed by atoms with van der Waals surface area (Å²) < 4.78 is 9.28. The molecule has 0 fully saturated rings. The summed E-state index contributed by atoms with van der Waals surface area (Å²) >= 11 is 1.85. The molecule has 0 aliphatic rings. The average molecular weight is 734 g/mol. The Bertz CT molecular complexity index is 3230. The van der Waals surface area contributed by atoms with Gasteiger partial charge in [-0.2, -0.15) is 0 Å². The molecule has 5 heteroatoms. The van der Waals surface area contributed by atoms with E-state index in [1.54, 1.807) is 0 Å². The molecule has 0 aliphatic carbocycles. The van der Waals surface area contributed by atoms with Crippen LogP contribution in [0.3, 0.4) is 0 Å². The van der Waals surface area contributed by atoms with Gasteiger partial charge in [-0.15, -0.1) is 11.3 Å². The zero-order chi connectivity index (χ0) is 37.0. The van der Waals surface area contributed by atoms with E-state index in [2.05, 4.69) is 146 Å². The summed E-state index contributed by atoms with van der Waals surface area (Å²) in [5.74, 6) is 1.78. The van der Waals surface area contributed by atoms with Crippen molar-refractivity contribution in [1.29, 1.82) is 0 Å². The number of aromatic nitrogens is 3. The van der Waals surface area contributed by atoms with Gasteiger partial charge in [-0.3, -0.25) is 0 Å². The molecule has 8 aromatic carbocycles. The SMILES string of the molecule is c1ccc(-c2ccc(-c3nc(-c4ccccc4)nc(-c4cccc5c4oc4ccc(-c6cc(-c7ccccc7)cc7sc8ccccc8c67)cc45)n3)cc2)cc1. The van der Waals surface area contributed by atoms with Gasteiger partial charge >= 0.3 is 0 Å². The molecule has 11 aromatic rings. The van der Waals surface area contributed by atoms with Crippen molar-refractivity contribution < 1.29 is 4.42 Å². The summed E-state index contributed by atoms with van der Waals surface area (Å²) in [7, 11) is 0. The number of rotatable bonds is 6. The van der Waals surface area contributed by atoms with Gasteiger partial charge in [0.1, 0.15) is 11.2 Å². The van der Waals surface area contributed by atoms with Gasteiger partial charge in [0.05, 0.1) is 5.56 Å². The molecule has 56 heavy (non-hydrogen) atoms. The second kappa shape index (κ2) is 13.3. The van der Waals surface area contributed by atoms with Crippen molar-refractivity contribution in [3.05, 3.63) is 188 Å². The van der Waals surface area contributed by atoms with Crippen molar-refractivity contribution in [1.82, 2.24) is 15.0 Å². The summed E-state index contributed by atoms with van der Waals surface area (Å²) in [5, 5.41) is 4.61. The molecular formula is C51H31N3OS. The van der Waals surface area contributed by atoms with E-state index in [9.17, 15) is 0 Å². The summed E-state index contributed by atoms with van der Waals surface area (Å²) in [5.41, 5.74) is 11.3. The van der Waals surface area contributed by atoms with Crippen molar-refractivity contribution in [2.45, 2.75) is 0 Å². The number of nitrogens with zero attached hydrogens (tertiary/aromatic N) is 3. The molecule has 3 aromatic heterocycles. The van der Waals surface area contributed by atoms with E-state index in [0.717, 1.165) is 55.3 Å². The molecule has 0 amide bonds. The van der Waals surface area contributed by atoms with E-state index < -0.39 is 0 Å². The number of hydrogen-bond acceptors (Lipinski definition) is 5. The predicted octanol–water partition coefficient (Wildman–Crippen LogP) is 14.1. The fourth-order valence-corrected chi connectivity index (χ4v) is 8.98. The first-order chi connectivity index (χ1) is 27.7. The van der Waals surface area contributed by atoms with E-state index in [1.165, 1.54) is 36.9 Å². The molecule has 0 aliphatic heterocycles. The molecule has 11 rings (SSSR count). The van der Waals surface area contributed by atoms with Crippen LogP contribution in [0, 0.1) is 0 Å². The van der Waals surface area contributed by atoms with Crippen LogP contribution in [-0.2, 0) is 0 Å². The minimum Gasteiger partial charge on any atom is -0.455 e. The van der Waals surface area contributed by atoms with Gasteiger partial charge in [0, 0.05) is 42.1 Å². The molecule has 0 saturated carbocycles. The van der Waals surface area contributed by atoms with Crippen molar-refractivity contribution >= 4 is 53.4 Å². The molecule has 0 N–H and O–H groups in total. The van der Waals surface area contributed by atoms with Crippen LogP contribution in [0.1, 0.15) is 0 Å². The van der Waals surface area contributed by atoms with Crippen LogP contribution < -0.4 is 0 Å². The van der Waals surface area contributed by atoms with Crippen molar-refractivity contribution in [3.63, 3.8) is 0 Å². The molecule has 0 bridgehead atoms. The van der Waals surface area contributed by atoms with Crippen LogP contribution in [0.5, 0.6) is 0 Å². The molecule has 0 saturated heterocycles. The van der Waals surface area contributed by atoms with Gasteiger partial charge < -0.3 is 4.42 Å². The van der Waals surface area contributed by atoms with Crippen molar-refractivity contribution in [3.8, 4) is 67.5 Å². The second-order valence-electron chi connectivity index (χ2n) is 14.0. The highest BCUT2D eigenvalue weighted by Gasteiger charge is 2.20. The maximum Gasteiger partial charge on any atom is 0.167 e. The molecule has 0 radical (unpaired) electrons. The fourth-order valence-electron chi connectivity index (χ4n) is 7.81. The summed E-state index contributed by atoms with van der Waals surface area (Å²) in [6.45, 7) is 0. The van der Waals surface area contributed by atoms with E-state index in [-0.39, 0.29) is 0 Å². The smallest absolute Gasteiger partial charge is 0.167 e. The van der Waals surface area contributed by atoms with Crippen LogP contribution in [0.4, 0.5) is 0 Å². The van der Waals surface area contributed by atoms with Crippen LogP contribution in [0.2, 0.25) is 0 Å². The second-order valence-corrected chi connectivity index (χ2v) is 15.1. The van der Waals surface area contributed by atoms with Gasteiger partial charge in [-0.05, 0) is 69.8 Å². The Morgan fingerprint density at radius 3 is 1.62 bits per heavy atom. The zero-order valence-corrected chi connectivity index (χ0v) is 30.9. The molecule has 3 heterocycles. The minimum atomic E-state index is 0.563. The molecule has 0 unspecified atom stereocenters. The Morgan fingerprint density at radius 1 is 0.339 bits per heavy atom. The van der Waals surface area contributed by atoms with Gasteiger partial charge in [-0.25, -0.2) is 15.0 Å². The van der Waals surface area contributed by atoms with Crippen molar-refractivity contribution in [2.75, 3.05) is 0 Å². The lowest BCUT2D eigenvalue weighted by atomic mass is 9.94. The minimum absolute atomic E-state index is 0.563. The number of benzene rings is 8. The van der Waals surface area contributed by atoms with E-state index >= 15 is 0 Å². The highest BCUT2D eigenvalue weighted by atomic mass is 32.1. The third kappa shape index (κ3) is 5.56. The maximum atomic E-state index is 6.72. The lowest BCUT2D eigenvalue weighted by Gasteiger charge is -2.10. The molecule has 0 spiro atoms. The highest BCUT2D eigenvalue weighted by molar-refractivity contribution is 7.26. The molecular weight excluding hydrogens is 703 g/mol. The molecule has 4 nitrogen and oxygen atoms in total.